The molecule has 0 unspecified atom stereocenters. The topological polar surface area (TPSA) is 62.7 Å². The Morgan fingerprint density at radius 2 is 1.95 bits per heavy atom. The fourth-order valence-electron chi connectivity index (χ4n) is 2.39. The van der Waals surface area contributed by atoms with E-state index in [-0.39, 0.29) is 0 Å². The Kier molecular flexibility index (Phi) is 4.31. The molecular weight excluding hydrogens is 266 g/mol. The van der Waals surface area contributed by atoms with E-state index in [1.807, 2.05) is 25.3 Å². The van der Waals surface area contributed by atoms with Crippen molar-refractivity contribution in [2.45, 2.75) is 25.2 Å². The smallest absolute Gasteiger partial charge is 0.142 e. The summed E-state index contributed by atoms with van der Waals surface area (Å²) >= 11 is 1.70. The quantitative estimate of drug-likeness (QED) is 0.870. The second kappa shape index (κ2) is 5.98. The Balaban J connectivity index is 2.73. The Labute approximate surface area is 123 Å². The first kappa shape index (κ1) is 14.4. The Bertz CT molecular complexity index is 670. The number of hydrogen-bond donors (Lipinski definition) is 1. The van der Waals surface area contributed by atoms with Crippen LogP contribution in [0, 0.1) is 18.3 Å². The number of pyridine rings is 1. The minimum Gasteiger partial charge on any atom is -0.383 e. The van der Waals surface area contributed by atoms with E-state index in [4.69, 9.17) is 5.73 Å². The summed E-state index contributed by atoms with van der Waals surface area (Å²) in [5.41, 5.74) is 10.3. The van der Waals surface area contributed by atoms with Crippen molar-refractivity contribution < 1.29 is 0 Å². The first-order valence-corrected chi connectivity index (χ1v) is 7.68. The van der Waals surface area contributed by atoms with Crippen molar-refractivity contribution in [1.29, 1.82) is 5.26 Å². The van der Waals surface area contributed by atoms with Gasteiger partial charge in [0.15, 0.2) is 0 Å². The molecule has 20 heavy (non-hydrogen) atoms. The maximum Gasteiger partial charge on any atom is 0.142 e. The lowest BCUT2D eigenvalue weighted by Crippen LogP contribution is -2.04. The van der Waals surface area contributed by atoms with Gasteiger partial charge in [0.25, 0.3) is 0 Å². The molecule has 2 N–H and O–H groups in total. The fraction of sp³-hybridized carbons (Fsp3) is 0.250. The highest BCUT2D eigenvalue weighted by Crippen LogP contribution is 2.33. The molecule has 0 aliphatic rings. The molecular formula is C16H17N3S. The summed E-state index contributed by atoms with van der Waals surface area (Å²) in [6, 6.07) is 10.4. The number of rotatable bonds is 3. The van der Waals surface area contributed by atoms with Crippen LogP contribution in [0.15, 0.2) is 29.2 Å². The minimum absolute atomic E-state index is 0.311. The standard InChI is InChI=1S/C16H17N3S/c1-4-13-10(2)19-16(18)14(9-17)15(13)11-5-7-12(20-3)8-6-11/h5-8H,4H2,1-3H3,(H2,18,19). The van der Waals surface area contributed by atoms with Crippen LogP contribution in [0.5, 0.6) is 0 Å². The van der Waals surface area contributed by atoms with Crippen molar-refractivity contribution in [3.05, 3.63) is 41.1 Å². The highest BCUT2D eigenvalue weighted by Gasteiger charge is 2.16. The summed E-state index contributed by atoms with van der Waals surface area (Å²) in [4.78, 5) is 5.48. The summed E-state index contributed by atoms with van der Waals surface area (Å²) in [6.07, 6.45) is 2.87. The van der Waals surface area contributed by atoms with Gasteiger partial charge in [-0.15, -0.1) is 11.8 Å². The van der Waals surface area contributed by atoms with Crippen LogP contribution in [-0.2, 0) is 6.42 Å². The van der Waals surface area contributed by atoms with Gasteiger partial charge >= 0.3 is 0 Å². The van der Waals surface area contributed by atoms with E-state index in [1.54, 1.807) is 11.8 Å². The molecule has 0 saturated heterocycles. The van der Waals surface area contributed by atoms with Gasteiger partial charge in [-0.1, -0.05) is 19.1 Å². The molecule has 0 radical (unpaired) electrons. The summed E-state index contributed by atoms with van der Waals surface area (Å²) in [5.74, 6) is 0.311. The summed E-state index contributed by atoms with van der Waals surface area (Å²) < 4.78 is 0. The maximum atomic E-state index is 9.40. The molecule has 0 amide bonds. The predicted molar refractivity (Wildman–Crippen MR) is 84.7 cm³/mol. The average molecular weight is 283 g/mol. The van der Waals surface area contributed by atoms with Gasteiger partial charge in [-0.05, 0) is 42.9 Å². The van der Waals surface area contributed by atoms with E-state index in [1.165, 1.54) is 4.90 Å². The molecule has 0 fully saturated rings. The molecule has 2 aromatic rings. The first-order valence-electron chi connectivity index (χ1n) is 6.45. The molecule has 102 valence electrons. The van der Waals surface area contributed by atoms with E-state index < -0.39 is 0 Å². The van der Waals surface area contributed by atoms with Crippen LogP contribution in [0.1, 0.15) is 23.7 Å². The zero-order chi connectivity index (χ0) is 14.7. The lowest BCUT2D eigenvalue weighted by atomic mass is 9.93. The molecule has 0 spiro atoms. The number of thioether (sulfide) groups is 1. The van der Waals surface area contributed by atoms with Gasteiger partial charge in [0.05, 0.1) is 0 Å². The number of nitrogen functional groups attached to an aromatic ring is 1. The third-order valence-corrected chi connectivity index (χ3v) is 4.12. The van der Waals surface area contributed by atoms with Crippen LogP contribution in [0.3, 0.4) is 0 Å². The summed E-state index contributed by atoms with van der Waals surface area (Å²) in [7, 11) is 0. The first-order chi connectivity index (χ1) is 9.62. The van der Waals surface area contributed by atoms with Crippen molar-refractivity contribution in [2.75, 3.05) is 12.0 Å². The predicted octanol–water partition coefficient (Wildman–Crippen LogP) is 3.80. The Morgan fingerprint density at radius 1 is 1.30 bits per heavy atom. The number of aromatic nitrogens is 1. The minimum atomic E-state index is 0.311. The zero-order valence-corrected chi connectivity index (χ0v) is 12.7. The lowest BCUT2D eigenvalue weighted by Gasteiger charge is -2.14. The van der Waals surface area contributed by atoms with Crippen LogP contribution >= 0.6 is 11.8 Å². The maximum absolute atomic E-state index is 9.40. The largest absolute Gasteiger partial charge is 0.383 e. The fourth-order valence-corrected chi connectivity index (χ4v) is 2.79. The SMILES string of the molecule is CCc1c(C)nc(N)c(C#N)c1-c1ccc(SC)cc1. The van der Waals surface area contributed by atoms with Gasteiger partial charge in [-0.2, -0.15) is 5.26 Å². The number of anilines is 1. The van der Waals surface area contributed by atoms with E-state index in [0.29, 0.717) is 11.4 Å². The molecule has 3 nitrogen and oxygen atoms in total. The molecule has 0 aliphatic heterocycles. The molecule has 0 aliphatic carbocycles. The third-order valence-electron chi connectivity index (χ3n) is 3.38. The number of aryl methyl sites for hydroxylation is 1. The van der Waals surface area contributed by atoms with Gasteiger partial charge in [0, 0.05) is 16.2 Å². The molecule has 0 atom stereocenters. The van der Waals surface area contributed by atoms with Crippen molar-refractivity contribution in [1.82, 2.24) is 4.98 Å². The van der Waals surface area contributed by atoms with E-state index in [0.717, 1.165) is 28.8 Å². The van der Waals surface area contributed by atoms with E-state index in [2.05, 4.69) is 30.1 Å². The van der Waals surface area contributed by atoms with Crippen molar-refractivity contribution in [3.63, 3.8) is 0 Å². The second-order valence-electron chi connectivity index (χ2n) is 4.50. The normalized spacial score (nSPS) is 10.3. The van der Waals surface area contributed by atoms with Crippen molar-refractivity contribution >= 4 is 17.6 Å². The number of benzene rings is 1. The molecule has 2 rings (SSSR count). The number of nitriles is 1. The van der Waals surface area contributed by atoms with E-state index >= 15 is 0 Å². The second-order valence-corrected chi connectivity index (χ2v) is 5.38. The molecule has 1 heterocycles. The highest BCUT2D eigenvalue weighted by atomic mass is 32.2. The molecule has 1 aromatic heterocycles. The van der Waals surface area contributed by atoms with Crippen molar-refractivity contribution in [3.8, 4) is 17.2 Å². The van der Waals surface area contributed by atoms with Crippen LogP contribution < -0.4 is 5.73 Å². The Morgan fingerprint density at radius 3 is 2.45 bits per heavy atom. The van der Waals surface area contributed by atoms with Gasteiger partial charge in [-0.3, -0.25) is 0 Å². The molecule has 0 bridgehead atoms. The summed E-state index contributed by atoms with van der Waals surface area (Å²) in [5, 5.41) is 9.40. The Hall–Kier alpha value is -1.99. The van der Waals surface area contributed by atoms with Crippen molar-refractivity contribution in [2.24, 2.45) is 0 Å². The average Bonchev–Trinajstić information content (AvgIpc) is 2.46. The van der Waals surface area contributed by atoms with Gasteiger partial charge in [0.1, 0.15) is 17.5 Å². The lowest BCUT2D eigenvalue weighted by molar-refractivity contribution is 1.05. The van der Waals surface area contributed by atoms with Crippen LogP contribution in [0.25, 0.3) is 11.1 Å². The van der Waals surface area contributed by atoms with Gasteiger partial charge in [-0.25, -0.2) is 4.98 Å². The van der Waals surface area contributed by atoms with Gasteiger partial charge in [0.2, 0.25) is 0 Å². The van der Waals surface area contributed by atoms with Crippen LogP contribution in [-0.4, -0.2) is 11.2 Å². The number of nitrogens with two attached hydrogens (primary N) is 1. The zero-order valence-electron chi connectivity index (χ0n) is 11.9. The number of hydrogen-bond acceptors (Lipinski definition) is 4. The third kappa shape index (κ3) is 2.50. The van der Waals surface area contributed by atoms with E-state index in [9.17, 15) is 5.26 Å². The monoisotopic (exact) mass is 283 g/mol. The van der Waals surface area contributed by atoms with Gasteiger partial charge < -0.3 is 5.73 Å². The molecule has 1 aromatic carbocycles. The number of nitrogens with zero attached hydrogens (tertiary/aromatic N) is 2. The van der Waals surface area contributed by atoms with Crippen LogP contribution in [0.2, 0.25) is 0 Å². The molecule has 0 saturated carbocycles. The molecule has 4 heteroatoms. The highest BCUT2D eigenvalue weighted by molar-refractivity contribution is 7.98. The van der Waals surface area contributed by atoms with Crippen LogP contribution in [0.4, 0.5) is 5.82 Å². The summed E-state index contributed by atoms with van der Waals surface area (Å²) in [6.45, 7) is 4.01.